The summed E-state index contributed by atoms with van der Waals surface area (Å²) in [5.41, 5.74) is 3.31. The SMILES string of the molecule is OCC1CC(O)CC(c2ccc(Cl)c(Cc3ccc4c(c3)OCCO4)c2)S1. The van der Waals surface area contributed by atoms with Crippen molar-refractivity contribution in [1.82, 2.24) is 0 Å². The van der Waals surface area contributed by atoms with Crippen molar-refractivity contribution < 1.29 is 19.7 Å². The highest BCUT2D eigenvalue weighted by Crippen LogP contribution is 2.43. The smallest absolute Gasteiger partial charge is 0.161 e. The number of thioether (sulfide) groups is 1. The number of benzene rings is 2. The molecule has 2 N–H and O–H groups in total. The third-order valence-electron chi connectivity index (χ3n) is 5.02. The maximum Gasteiger partial charge on any atom is 0.161 e. The van der Waals surface area contributed by atoms with Gasteiger partial charge < -0.3 is 19.7 Å². The van der Waals surface area contributed by atoms with Crippen molar-refractivity contribution in [3.63, 3.8) is 0 Å². The van der Waals surface area contributed by atoms with Crippen LogP contribution in [0.4, 0.5) is 0 Å². The van der Waals surface area contributed by atoms with E-state index in [1.54, 1.807) is 11.8 Å². The Labute approximate surface area is 168 Å². The minimum atomic E-state index is -0.370. The van der Waals surface area contributed by atoms with Gasteiger partial charge in [0.25, 0.3) is 0 Å². The molecule has 6 heteroatoms. The fraction of sp³-hybridized carbons (Fsp3) is 0.429. The zero-order valence-electron chi connectivity index (χ0n) is 14.9. The molecule has 2 aliphatic rings. The van der Waals surface area contributed by atoms with Crippen molar-refractivity contribution in [3.8, 4) is 11.5 Å². The van der Waals surface area contributed by atoms with E-state index in [2.05, 4.69) is 6.07 Å². The Bertz CT molecular complexity index is 813. The van der Waals surface area contributed by atoms with E-state index in [0.717, 1.165) is 33.2 Å². The van der Waals surface area contributed by atoms with Gasteiger partial charge in [0.1, 0.15) is 13.2 Å². The number of fused-ring (bicyclic) bond motifs is 1. The molecule has 2 aliphatic heterocycles. The predicted octanol–water partition coefficient (Wildman–Crippen LogP) is 3.99. The van der Waals surface area contributed by atoms with Crippen LogP contribution < -0.4 is 9.47 Å². The quantitative estimate of drug-likeness (QED) is 0.803. The zero-order chi connectivity index (χ0) is 18.8. The summed E-state index contributed by atoms with van der Waals surface area (Å²) in [6.07, 6.45) is 1.68. The largest absolute Gasteiger partial charge is 0.486 e. The number of hydrogen-bond acceptors (Lipinski definition) is 5. The number of hydrogen-bond donors (Lipinski definition) is 2. The van der Waals surface area contributed by atoms with E-state index in [4.69, 9.17) is 21.1 Å². The third kappa shape index (κ3) is 4.37. The molecule has 4 rings (SSSR count). The minimum Gasteiger partial charge on any atom is -0.486 e. The Hall–Kier alpha value is -1.40. The van der Waals surface area contributed by atoms with Crippen LogP contribution in [0.2, 0.25) is 5.02 Å². The lowest BCUT2D eigenvalue weighted by atomic mass is 9.98. The molecule has 0 amide bonds. The molecule has 3 unspecified atom stereocenters. The number of aliphatic hydroxyl groups excluding tert-OH is 2. The van der Waals surface area contributed by atoms with Crippen LogP contribution in [0.1, 0.15) is 34.8 Å². The molecule has 0 spiro atoms. The molecule has 0 radical (unpaired) electrons. The van der Waals surface area contributed by atoms with Crippen LogP contribution in [0.5, 0.6) is 11.5 Å². The normalized spacial score (nSPS) is 24.6. The maximum atomic E-state index is 10.1. The van der Waals surface area contributed by atoms with Crippen LogP contribution in [0.25, 0.3) is 0 Å². The summed E-state index contributed by atoms with van der Waals surface area (Å²) < 4.78 is 11.3. The summed E-state index contributed by atoms with van der Waals surface area (Å²) in [5, 5.41) is 20.6. The first-order valence-electron chi connectivity index (χ1n) is 9.23. The molecular formula is C21H23ClO4S. The second-order valence-corrected chi connectivity index (χ2v) is 8.98. The Morgan fingerprint density at radius 3 is 2.67 bits per heavy atom. The molecule has 27 heavy (non-hydrogen) atoms. The third-order valence-corrected chi connectivity index (χ3v) is 6.91. The predicted molar refractivity (Wildman–Crippen MR) is 108 cm³/mol. The van der Waals surface area contributed by atoms with E-state index in [0.29, 0.717) is 32.5 Å². The van der Waals surface area contributed by atoms with Crippen molar-refractivity contribution in [2.45, 2.75) is 35.9 Å². The van der Waals surface area contributed by atoms with Crippen LogP contribution in [0, 0.1) is 0 Å². The summed E-state index contributed by atoms with van der Waals surface area (Å²) in [6, 6.07) is 12.1. The van der Waals surface area contributed by atoms with Crippen molar-refractivity contribution in [1.29, 1.82) is 0 Å². The summed E-state index contributed by atoms with van der Waals surface area (Å²) in [6.45, 7) is 1.25. The van der Waals surface area contributed by atoms with Gasteiger partial charge in [0.05, 0.1) is 12.7 Å². The fourth-order valence-electron chi connectivity index (χ4n) is 3.67. The number of ether oxygens (including phenoxy) is 2. The lowest BCUT2D eigenvalue weighted by molar-refractivity contribution is 0.137. The summed E-state index contributed by atoms with van der Waals surface area (Å²) in [4.78, 5) is 0. The lowest BCUT2D eigenvalue weighted by Gasteiger charge is -2.31. The zero-order valence-corrected chi connectivity index (χ0v) is 16.5. The lowest BCUT2D eigenvalue weighted by Crippen LogP contribution is -2.26. The number of aliphatic hydroxyl groups is 2. The van der Waals surface area contributed by atoms with Gasteiger partial charge in [-0.3, -0.25) is 0 Å². The average molecular weight is 407 g/mol. The van der Waals surface area contributed by atoms with Crippen LogP contribution in [0.3, 0.4) is 0 Å². The fourth-order valence-corrected chi connectivity index (χ4v) is 5.38. The molecule has 0 saturated carbocycles. The van der Waals surface area contributed by atoms with Gasteiger partial charge in [-0.2, -0.15) is 0 Å². The highest BCUT2D eigenvalue weighted by molar-refractivity contribution is 8.00. The van der Waals surface area contributed by atoms with Crippen LogP contribution >= 0.6 is 23.4 Å². The van der Waals surface area contributed by atoms with Gasteiger partial charge in [-0.1, -0.05) is 29.8 Å². The van der Waals surface area contributed by atoms with Gasteiger partial charge in [0.2, 0.25) is 0 Å². The molecule has 4 nitrogen and oxygen atoms in total. The van der Waals surface area contributed by atoms with Crippen LogP contribution in [-0.4, -0.2) is 41.4 Å². The molecule has 1 fully saturated rings. The molecule has 0 aromatic heterocycles. The van der Waals surface area contributed by atoms with E-state index in [9.17, 15) is 10.2 Å². The maximum absolute atomic E-state index is 10.1. The summed E-state index contributed by atoms with van der Waals surface area (Å²) >= 11 is 8.20. The van der Waals surface area contributed by atoms with Gasteiger partial charge in [0, 0.05) is 15.5 Å². The number of halogens is 1. The van der Waals surface area contributed by atoms with Crippen LogP contribution in [0.15, 0.2) is 36.4 Å². The van der Waals surface area contributed by atoms with Crippen molar-refractivity contribution >= 4 is 23.4 Å². The monoisotopic (exact) mass is 406 g/mol. The van der Waals surface area contributed by atoms with Gasteiger partial charge in [-0.25, -0.2) is 0 Å². The molecule has 0 aliphatic carbocycles. The highest BCUT2D eigenvalue weighted by atomic mass is 35.5. The van der Waals surface area contributed by atoms with E-state index in [-0.39, 0.29) is 23.2 Å². The standard InChI is InChI=1S/C21H23ClO4S/c22-18-3-2-14(21-11-16(24)10-17(12-23)27-21)9-15(18)7-13-1-4-19-20(8-13)26-6-5-25-19/h1-4,8-9,16-17,21,23-24H,5-7,10-12H2. The molecule has 0 bridgehead atoms. The molecule has 3 atom stereocenters. The first-order valence-corrected chi connectivity index (χ1v) is 10.6. The van der Waals surface area contributed by atoms with Crippen LogP contribution in [-0.2, 0) is 6.42 Å². The molecule has 2 aromatic rings. The first kappa shape index (κ1) is 18.9. The van der Waals surface area contributed by atoms with Gasteiger partial charge in [-0.05, 0) is 54.2 Å². The second kappa shape index (κ2) is 8.31. The Balaban J connectivity index is 1.56. The van der Waals surface area contributed by atoms with Gasteiger partial charge in [-0.15, -0.1) is 11.8 Å². The molecule has 2 aromatic carbocycles. The number of rotatable bonds is 4. The Morgan fingerprint density at radius 1 is 1.04 bits per heavy atom. The summed E-state index contributed by atoms with van der Waals surface area (Å²) in [7, 11) is 0. The van der Waals surface area contributed by atoms with E-state index in [1.807, 2.05) is 30.3 Å². The van der Waals surface area contributed by atoms with Crippen molar-refractivity contribution in [2.75, 3.05) is 19.8 Å². The molecule has 2 heterocycles. The summed E-state index contributed by atoms with van der Waals surface area (Å²) in [5.74, 6) is 1.57. The van der Waals surface area contributed by atoms with E-state index < -0.39 is 0 Å². The molecule has 144 valence electrons. The average Bonchev–Trinajstić information content (AvgIpc) is 2.69. The van der Waals surface area contributed by atoms with Crippen molar-refractivity contribution in [2.24, 2.45) is 0 Å². The topological polar surface area (TPSA) is 58.9 Å². The minimum absolute atomic E-state index is 0.0793. The highest BCUT2D eigenvalue weighted by Gasteiger charge is 2.29. The van der Waals surface area contributed by atoms with Gasteiger partial charge >= 0.3 is 0 Å². The Morgan fingerprint density at radius 2 is 1.85 bits per heavy atom. The molecule has 1 saturated heterocycles. The first-order chi connectivity index (χ1) is 13.1. The van der Waals surface area contributed by atoms with E-state index in [1.165, 1.54) is 0 Å². The van der Waals surface area contributed by atoms with E-state index >= 15 is 0 Å². The molecular weight excluding hydrogens is 384 g/mol. The Kier molecular flexibility index (Phi) is 5.83. The second-order valence-electron chi connectivity index (χ2n) is 7.06. The van der Waals surface area contributed by atoms with Crippen molar-refractivity contribution in [3.05, 3.63) is 58.1 Å². The van der Waals surface area contributed by atoms with Gasteiger partial charge in [0.15, 0.2) is 11.5 Å².